The first-order valence-corrected chi connectivity index (χ1v) is 6.24. The summed E-state index contributed by atoms with van der Waals surface area (Å²) >= 11 is 0. The summed E-state index contributed by atoms with van der Waals surface area (Å²) in [7, 11) is 0. The van der Waals surface area contributed by atoms with Gasteiger partial charge in [-0.1, -0.05) is 26.3 Å². The van der Waals surface area contributed by atoms with E-state index in [1.165, 1.54) is 0 Å². The number of benzene rings is 1. The summed E-state index contributed by atoms with van der Waals surface area (Å²) in [5.41, 5.74) is 6.46. The SMILES string of the molecule is CCC(C)[C@H](N)C(=O)Nc1cccc(OCC#N)c1. The summed E-state index contributed by atoms with van der Waals surface area (Å²) in [6, 6.07) is 8.24. The van der Waals surface area contributed by atoms with E-state index in [-0.39, 0.29) is 18.4 Å². The lowest BCUT2D eigenvalue weighted by Gasteiger charge is -2.17. The Labute approximate surface area is 113 Å². The van der Waals surface area contributed by atoms with Gasteiger partial charge in [-0.05, 0) is 18.1 Å². The number of carbonyl (C=O) groups is 1. The number of hydrogen-bond donors (Lipinski definition) is 2. The maximum absolute atomic E-state index is 11.9. The van der Waals surface area contributed by atoms with Crippen LogP contribution in [0.15, 0.2) is 24.3 Å². The summed E-state index contributed by atoms with van der Waals surface area (Å²) in [6.07, 6.45) is 0.847. The molecule has 102 valence electrons. The van der Waals surface area contributed by atoms with Gasteiger partial charge in [0.25, 0.3) is 0 Å². The molecule has 1 amide bonds. The van der Waals surface area contributed by atoms with Crippen LogP contribution >= 0.6 is 0 Å². The number of anilines is 1. The monoisotopic (exact) mass is 261 g/mol. The first kappa shape index (κ1) is 15.0. The summed E-state index contributed by atoms with van der Waals surface area (Å²) in [6.45, 7) is 3.91. The van der Waals surface area contributed by atoms with Gasteiger partial charge in [-0.2, -0.15) is 5.26 Å². The fourth-order valence-corrected chi connectivity index (χ4v) is 1.52. The van der Waals surface area contributed by atoms with Crippen LogP contribution in [0.1, 0.15) is 20.3 Å². The van der Waals surface area contributed by atoms with E-state index in [2.05, 4.69) is 5.32 Å². The van der Waals surface area contributed by atoms with Crippen LogP contribution < -0.4 is 15.8 Å². The predicted octanol–water partition coefficient (Wildman–Crippen LogP) is 1.90. The number of hydrogen-bond acceptors (Lipinski definition) is 4. The van der Waals surface area contributed by atoms with Crippen molar-refractivity contribution in [1.82, 2.24) is 0 Å². The van der Waals surface area contributed by atoms with Crippen molar-refractivity contribution in [2.75, 3.05) is 11.9 Å². The van der Waals surface area contributed by atoms with Gasteiger partial charge in [0, 0.05) is 11.8 Å². The Bertz CT molecular complexity index is 468. The quantitative estimate of drug-likeness (QED) is 0.818. The second kappa shape index (κ2) is 7.39. The molecule has 0 bridgehead atoms. The molecule has 19 heavy (non-hydrogen) atoms. The van der Waals surface area contributed by atoms with Crippen LogP contribution in [0.25, 0.3) is 0 Å². The molecule has 0 aliphatic carbocycles. The number of ether oxygens (including phenoxy) is 1. The number of amides is 1. The lowest BCUT2D eigenvalue weighted by Crippen LogP contribution is -2.40. The van der Waals surface area contributed by atoms with Gasteiger partial charge in [-0.3, -0.25) is 4.79 Å². The fourth-order valence-electron chi connectivity index (χ4n) is 1.52. The highest BCUT2D eigenvalue weighted by molar-refractivity contribution is 5.95. The highest BCUT2D eigenvalue weighted by atomic mass is 16.5. The van der Waals surface area contributed by atoms with Crippen molar-refractivity contribution in [1.29, 1.82) is 5.26 Å². The molecule has 1 aromatic carbocycles. The second-order valence-corrected chi connectivity index (χ2v) is 4.38. The zero-order valence-electron chi connectivity index (χ0n) is 11.2. The van der Waals surface area contributed by atoms with Crippen LogP contribution in [0.3, 0.4) is 0 Å². The molecule has 0 radical (unpaired) electrons. The van der Waals surface area contributed by atoms with Crippen molar-refractivity contribution in [3.63, 3.8) is 0 Å². The Morgan fingerprint density at radius 3 is 2.95 bits per heavy atom. The molecule has 0 aliphatic heterocycles. The van der Waals surface area contributed by atoms with Crippen molar-refractivity contribution in [3.05, 3.63) is 24.3 Å². The van der Waals surface area contributed by atoms with Gasteiger partial charge in [0.15, 0.2) is 6.61 Å². The summed E-state index contributed by atoms with van der Waals surface area (Å²) in [5, 5.41) is 11.2. The zero-order chi connectivity index (χ0) is 14.3. The van der Waals surface area contributed by atoms with Crippen LogP contribution in [0.2, 0.25) is 0 Å². The minimum atomic E-state index is -0.534. The molecule has 1 rings (SSSR count). The fraction of sp³-hybridized carbons (Fsp3) is 0.429. The van der Waals surface area contributed by atoms with E-state index in [9.17, 15) is 4.79 Å². The number of carbonyl (C=O) groups excluding carboxylic acids is 1. The molecule has 3 N–H and O–H groups in total. The summed E-state index contributed by atoms with van der Waals surface area (Å²) in [4.78, 5) is 11.9. The Balaban J connectivity index is 2.66. The smallest absolute Gasteiger partial charge is 0.241 e. The maximum Gasteiger partial charge on any atom is 0.241 e. The summed E-state index contributed by atoms with van der Waals surface area (Å²) in [5.74, 6) is 0.446. The van der Waals surface area contributed by atoms with Crippen molar-refractivity contribution in [2.24, 2.45) is 11.7 Å². The normalized spacial score (nSPS) is 13.2. The van der Waals surface area contributed by atoms with Crippen molar-refractivity contribution in [3.8, 4) is 11.8 Å². The molecule has 0 fully saturated rings. The molecule has 5 nitrogen and oxygen atoms in total. The van der Waals surface area contributed by atoms with E-state index in [0.717, 1.165) is 6.42 Å². The molecule has 0 aromatic heterocycles. The van der Waals surface area contributed by atoms with Gasteiger partial charge in [-0.25, -0.2) is 0 Å². The third-order valence-electron chi connectivity index (χ3n) is 2.96. The highest BCUT2D eigenvalue weighted by Gasteiger charge is 2.19. The van der Waals surface area contributed by atoms with E-state index >= 15 is 0 Å². The van der Waals surface area contributed by atoms with Crippen LogP contribution in [0.4, 0.5) is 5.69 Å². The van der Waals surface area contributed by atoms with E-state index < -0.39 is 6.04 Å². The number of nitriles is 1. The van der Waals surface area contributed by atoms with Gasteiger partial charge in [-0.15, -0.1) is 0 Å². The van der Waals surface area contributed by atoms with Crippen LogP contribution in [0.5, 0.6) is 5.75 Å². The average molecular weight is 261 g/mol. The largest absolute Gasteiger partial charge is 0.479 e. The molecule has 0 saturated carbocycles. The molecule has 0 heterocycles. The number of rotatable bonds is 6. The molecule has 0 spiro atoms. The summed E-state index contributed by atoms with van der Waals surface area (Å²) < 4.78 is 5.16. The third kappa shape index (κ3) is 4.60. The third-order valence-corrected chi connectivity index (χ3v) is 2.96. The average Bonchev–Trinajstić information content (AvgIpc) is 2.43. The Hall–Kier alpha value is -2.06. The van der Waals surface area contributed by atoms with Crippen molar-refractivity contribution in [2.45, 2.75) is 26.3 Å². The minimum absolute atomic E-state index is 0.0240. The van der Waals surface area contributed by atoms with Crippen molar-refractivity contribution >= 4 is 11.6 Å². The van der Waals surface area contributed by atoms with E-state index in [1.54, 1.807) is 24.3 Å². The first-order chi connectivity index (χ1) is 9.08. The Morgan fingerprint density at radius 2 is 2.32 bits per heavy atom. The van der Waals surface area contributed by atoms with Crippen LogP contribution in [0, 0.1) is 17.2 Å². The Morgan fingerprint density at radius 1 is 1.58 bits per heavy atom. The Kier molecular flexibility index (Phi) is 5.83. The minimum Gasteiger partial charge on any atom is -0.479 e. The number of nitrogens with one attached hydrogen (secondary N) is 1. The lowest BCUT2D eigenvalue weighted by atomic mass is 9.99. The molecule has 2 atom stereocenters. The second-order valence-electron chi connectivity index (χ2n) is 4.38. The maximum atomic E-state index is 11.9. The number of nitrogens with zero attached hydrogens (tertiary/aromatic N) is 1. The molecule has 1 unspecified atom stereocenters. The van der Waals surface area contributed by atoms with Crippen LogP contribution in [-0.4, -0.2) is 18.6 Å². The topological polar surface area (TPSA) is 88.1 Å². The van der Waals surface area contributed by atoms with Gasteiger partial charge in [0.2, 0.25) is 5.91 Å². The van der Waals surface area contributed by atoms with Gasteiger partial charge in [0.05, 0.1) is 6.04 Å². The molecule has 0 saturated heterocycles. The van der Waals surface area contributed by atoms with Crippen molar-refractivity contribution < 1.29 is 9.53 Å². The van der Waals surface area contributed by atoms with E-state index in [0.29, 0.717) is 11.4 Å². The standard InChI is InChI=1S/C14H19N3O2/c1-3-10(2)13(16)14(18)17-11-5-4-6-12(9-11)19-8-7-15/h4-6,9-10,13H,3,8,16H2,1-2H3,(H,17,18)/t10?,13-/m0/s1. The molecule has 5 heteroatoms. The molecular formula is C14H19N3O2. The zero-order valence-corrected chi connectivity index (χ0v) is 11.2. The first-order valence-electron chi connectivity index (χ1n) is 6.24. The highest BCUT2D eigenvalue weighted by Crippen LogP contribution is 2.18. The lowest BCUT2D eigenvalue weighted by molar-refractivity contribution is -0.118. The number of nitrogens with two attached hydrogens (primary N) is 1. The molecule has 0 aliphatic rings. The van der Waals surface area contributed by atoms with E-state index in [1.807, 2.05) is 19.9 Å². The van der Waals surface area contributed by atoms with Gasteiger partial charge in [0.1, 0.15) is 11.8 Å². The van der Waals surface area contributed by atoms with E-state index in [4.69, 9.17) is 15.7 Å². The molecule has 1 aromatic rings. The predicted molar refractivity (Wildman–Crippen MR) is 73.6 cm³/mol. The van der Waals surface area contributed by atoms with Crippen LogP contribution in [-0.2, 0) is 4.79 Å². The van der Waals surface area contributed by atoms with Gasteiger partial charge < -0.3 is 15.8 Å². The molecular weight excluding hydrogens is 242 g/mol. The van der Waals surface area contributed by atoms with Gasteiger partial charge >= 0.3 is 0 Å².